The summed E-state index contributed by atoms with van der Waals surface area (Å²) in [6.45, 7) is 1.64. The van der Waals surface area contributed by atoms with E-state index in [-0.39, 0.29) is 0 Å². The van der Waals surface area contributed by atoms with E-state index in [4.69, 9.17) is 5.73 Å². The van der Waals surface area contributed by atoms with Crippen molar-refractivity contribution in [3.8, 4) is 0 Å². The van der Waals surface area contributed by atoms with Crippen molar-refractivity contribution in [1.29, 1.82) is 0 Å². The van der Waals surface area contributed by atoms with Gasteiger partial charge in [0, 0.05) is 6.20 Å². The van der Waals surface area contributed by atoms with Gasteiger partial charge in [0.15, 0.2) is 0 Å². The van der Waals surface area contributed by atoms with Crippen molar-refractivity contribution < 1.29 is 5.11 Å². The average molecular weight is 192 g/mol. The summed E-state index contributed by atoms with van der Waals surface area (Å²) in [6, 6.07) is 1.31. The molecule has 0 aromatic carbocycles. The molecule has 2 aromatic heterocycles. The van der Waals surface area contributed by atoms with Crippen molar-refractivity contribution in [2.75, 3.05) is 0 Å². The van der Waals surface area contributed by atoms with E-state index in [9.17, 15) is 5.11 Å². The quantitative estimate of drug-likeness (QED) is 0.640. The summed E-state index contributed by atoms with van der Waals surface area (Å²) in [5.74, 6) is 0.586. The van der Waals surface area contributed by atoms with Gasteiger partial charge in [-0.2, -0.15) is 0 Å². The Labute approximate surface area is 81.0 Å². The standard InChI is InChI=1S/C9H12N4O/c1-5(14)8(10)9-12-6-2-3-11-4-7(6)13-9/h2-5,8,14H,10H2,1H3,(H,12,13). The van der Waals surface area contributed by atoms with Gasteiger partial charge in [-0.05, 0) is 13.0 Å². The van der Waals surface area contributed by atoms with Gasteiger partial charge in [0.25, 0.3) is 0 Å². The van der Waals surface area contributed by atoms with Crippen LogP contribution in [0, 0.1) is 0 Å². The Morgan fingerprint density at radius 2 is 2.36 bits per heavy atom. The molecule has 2 rings (SSSR count). The van der Waals surface area contributed by atoms with E-state index in [1.54, 1.807) is 25.4 Å². The van der Waals surface area contributed by atoms with Gasteiger partial charge in [0.2, 0.25) is 0 Å². The maximum absolute atomic E-state index is 9.30. The third-order valence-electron chi connectivity index (χ3n) is 2.14. The Balaban J connectivity index is 2.45. The number of nitrogens with one attached hydrogen (secondary N) is 1. The van der Waals surface area contributed by atoms with Gasteiger partial charge in [0.05, 0.1) is 29.4 Å². The first-order valence-electron chi connectivity index (χ1n) is 4.42. The number of aromatic amines is 1. The van der Waals surface area contributed by atoms with Crippen LogP contribution in [-0.2, 0) is 0 Å². The number of aliphatic hydroxyl groups is 1. The fourth-order valence-corrected chi connectivity index (χ4v) is 1.26. The molecule has 0 amide bonds. The van der Waals surface area contributed by atoms with E-state index in [0.29, 0.717) is 5.82 Å². The summed E-state index contributed by atoms with van der Waals surface area (Å²) < 4.78 is 0. The Morgan fingerprint density at radius 1 is 1.57 bits per heavy atom. The highest BCUT2D eigenvalue weighted by Crippen LogP contribution is 2.15. The fraction of sp³-hybridized carbons (Fsp3) is 0.333. The molecule has 5 nitrogen and oxygen atoms in total. The molecular formula is C9H12N4O. The van der Waals surface area contributed by atoms with Crippen molar-refractivity contribution in [2.24, 2.45) is 5.73 Å². The highest BCUT2D eigenvalue weighted by molar-refractivity contribution is 5.73. The number of hydrogen-bond acceptors (Lipinski definition) is 4. The normalized spacial score (nSPS) is 15.6. The zero-order valence-corrected chi connectivity index (χ0v) is 7.81. The number of aromatic nitrogens is 3. The Morgan fingerprint density at radius 3 is 3.00 bits per heavy atom. The van der Waals surface area contributed by atoms with E-state index >= 15 is 0 Å². The summed E-state index contributed by atoms with van der Waals surface area (Å²) in [6.07, 6.45) is 2.73. The molecule has 0 aliphatic heterocycles. The Hall–Kier alpha value is -1.46. The van der Waals surface area contributed by atoms with Crippen molar-refractivity contribution in [1.82, 2.24) is 15.0 Å². The maximum Gasteiger partial charge on any atom is 0.126 e. The first-order valence-corrected chi connectivity index (χ1v) is 4.42. The second-order valence-electron chi connectivity index (χ2n) is 3.28. The van der Waals surface area contributed by atoms with Gasteiger partial charge in [-0.1, -0.05) is 0 Å². The molecule has 2 heterocycles. The van der Waals surface area contributed by atoms with Gasteiger partial charge in [-0.3, -0.25) is 4.98 Å². The predicted octanol–water partition coefficient (Wildman–Crippen LogP) is 0.338. The van der Waals surface area contributed by atoms with Crippen LogP contribution in [0.1, 0.15) is 18.8 Å². The van der Waals surface area contributed by atoms with Gasteiger partial charge in [-0.25, -0.2) is 4.98 Å². The molecule has 0 saturated carbocycles. The number of nitrogens with zero attached hydrogens (tertiary/aromatic N) is 2. The largest absolute Gasteiger partial charge is 0.391 e. The molecule has 74 valence electrons. The third kappa shape index (κ3) is 1.47. The Kier molecular flexibility index (Phi) is 2.18. The van der Waals surface area contributed by atoms with E-state index in [2.05, 4.69) is 15.0 Å². The van der Waals surface area contributed by atoms with Gasteiger partial charge >= 0.3 is 0 Å². The van der Waals surface area contributed by atoms with Crippen molar-refractivity contribution in [3.05, 3.63) is 24.3 Å². The summed E-state index contributed by atoms with van der Waals surface area (Å²) in [5, 5.41) is 9.30. The molecule has 0 saturated heterocycles. The van der Waals surface area contributed by atoms with Crippen molar-refractivity contribution in [3.63, 3.8) is 0 Å². The van der Waals surface area contributed by atoms with E-state index in [0.717, 1.165) is 11.0 Å². The number of hydrogen-bond donors (Lipinski definition) is 3. The second-order valence-corrected chi connectivity index (χ2v) is 3.28. The molecule has 0 bridgehead atoms. The van der Waals surface area contributed by atoms with Crippen LogP contribution >= 0.6 is 0 Å². The molecule has 4 N–H and O–H groups in total. The van der Waals surface area contributed by atoms with E-state index in [1.807, 2.05) is 0 Å². The average Bonchev–Trinajstić information content (AvgIpc) is 2.59. The van der Waals surface area contributed by atoms with Crippen LogP contribution in [0.25, 0.3) is 11.0 Å². The van der Waals surface area contributed by atoms with Crippen LogP contribution in [0.15, 0.2) is 18.5 Å². The van der Waals surface area contributed by atoms with E-state index < -0.39 is 12.1 Å². The summed E-state index contributed by atoms with van der Waals surface area (Å²) in [4.78, 5) is 11.2. The van der Waals surface area contributed by atoms with Crippen LogP contribution in [0.5, 0.6) is 0 Å². The van der Waals surface area contributed by atoms with Crippen molar-refractivity contribution >= 4 is 11.0 Å². The molecule has 2 atom stereocenters. The molecule has 0 aliphatic carbocycles. The number of fused-ring (bicyclic) bond motifs is 1. The monoisotopic (exact) mass is 192 g/mol. The molecule has 2 unspecified atom stereocenters. The lowest BCUT2D eigenvalue weighted by atomic mass is 10.2. The number of aliphatic hydroxyl groups excluding tert-OH is 1. The van der Waals surface area contributed by atoms with E-state index in [1.165, 1.54) is 0 Å². The summed E-state index contributed by atoms with van der Waals surface area (Å²) in [7, 11) is 0. The van der Waals surface area contributed by atoms with Gasteiger partial charge in [-0.15, -0.1) is 0 Å². The number of rotatable bonds is 2. The minimum atomic E-state index is -0.622. The molecule has 14 heavy (non-hydrogen) atoms. The SMILES string of the molecule is CC(O)C(N)c1nc2ccncc2[nH]1. The highest BCUT2D eigenvalue weighted by Gasteiger charge is 2.15. The van der Waals surface area contributed by atoms with Crippen LogP contribution in [0.3, 0.4) is 0 Å². The number of H-pyrrole nitrogens is 1. The number of pyridine rings is 1. The van der Waals surface area contributed by atoms with Crippen LogP contribution in [0.2, 0.25) is 0 Å². The van der Waals surface area contributed by atoms with Crippen molar-refractivity contribution in [2.45, 2.75) is 19.1 Å². The zero-order valence-electron chi connectivity index (χ0n) is 7.81. The smallest absolute Gasteiger partial charge is 0.126 e. The fourth-order valence-electron chi connectivity index (χ4n) is 1.26. The second kappa shape index (κ2) is 3.36. The number of imidazole rings is 1. The van der Waals surface area contributed by atoms with Crippen LogP contribution in [-0.4, -0.2) is 26.2 Å². The van der Waals surface area contributed by atoms with Gasteiger partial charge in [0.1, 0.15) is 5.82 Å². The lowest BCUT2D eigenvalue weighted by molar-refractivity contribution is 0.161. The van der Waals surface area contributed by atoms with Crippen LogP contribution < -0.4 is 5.73 Å². The third-order valence-corrected chi connectivity index (χ3v) is 2.14. The molecule has 2 aromatic rings. The number of nitrogens with two attached hydrogens (primary N) is 1. The van der Waals surface area contributed by atoms with Crippen LogP contribution in [0.4, 0.5) is 0 Å². The Bertz CT molecular complexity index is 404. The molecule has 0 aliphatic rings. The first-order chi connectivity index (χ1) is 6.68. The summed E-state index contributed by atoms with van der Waals surface area (Å²) >= 11 is 0. The molecule has 0 radical (unpaired) electrons. The minimum Gasteiger partial charge on any atom is -0.391 e. The van der Waals surface area contributed by atoms with Gasteiger partial charge < -0.3 is 15.8 Å². The molecule has 5 heteroatoms. The molecule has 0 spiro atoms. The summed E-state index contributed by atoms with van der Waals surface area (Å²) in [5.41, 5.74) is 7.38. The predicted molar refractivity (Wildman–Crippen MR) is 52.5 cm³/mol. The molecular weight excluding hydrogens is 180 g/mol. The zero-order chi connectivity index (χ0) is 10.1. The lowest BCUT2D eigenvalue weighted by Crippen LogP contribution is -2.24. The maximum atomic E-state index is 9.30. The first kappa shape index (κ1) is 9.11. The minimum absolute atomic E-state index is 0.484. The topological polar surface area (TPSA) is 87.8 Å². The lowest BCUT2D eigenvalue weighted by Gasteiger charge is -2.10. The highest BCUT2D eigenvalue weighted by atomic mass is 16.3. The molecule has 0 fully saturated rings.